The van der Waals surface area contributed by atoms with Crippen molar-refractivity contribution in [3.05, 3.63) is 41.3 Å². The molecule has 1 atom stereocenters. The van der Waals surface area contributed by atoms with Gasteiger partial charge in [0, 0.05) is 23.2 Å². The third-order valence-corrected chi connectivity index (χ3v) is 3.42. The maximum Gasteiger partial charge on any atom is 0.110 e. The van der Waals surface area contributed by atoms with Gasteiger partial charge in [0.2, 0.25) is 0 Å². The second-order valence-corrected chi connectivity index (χ2v) is 4.86. The van der Waals surface area contributed by atoms with Gasteiger partial charge in [0.15, 0.2) is 0 Å². The highest BCUT2D eigenvalue weighted by atomic mass is 35.5. The summed E-state index contributed by atoms with van der Waals surface area (Å²) >= 11 is 5.99. The molecule has 17 heavy (non-hydrogen) atoms. The first kappa shape index (κ1) is 10.8. The van der Waals surface area contributed by atoms with Gasteiger partial charge in [0.05, 0.1) is 11.9 Å². The fraction of sp³-hybridized carbons (Fsp3) is 0.308. The second-order valence-electron chi connectivity index (χ2n) is 4.42. The predicted molar refractivity (Wildman–Crippen MR) is 68.8 cm³/mol. The summed E-state index contributed by atoms with van der Waals surface area (Å²) in [7, 11) is 0. The van der Waals surface area contributed by atoms with Gasteiger partial charge in [-0.05, 0) is 25.0 Å². The third-order valence-electron chi connectivity index (χ3n) is 3.19. The maximum atomic E-state index is 6.06. The molecule has 0 amide bonds. The lowest BCUT2D eigenvalue weighted by Crippen LogP contribution is -2.24. The molecular weight excluding hydrogens is 234 g/mol. The summed E-state index contributed by atoms with van der Waals surface area (Å²) in [5, 5.41) is 0.734. The SMILES string of the molecule is NC1CCCc2nc(-c3cccc(Cl)c3)cn21. The molecule has 2 heterocycles. The molecule has 1 aliphatic heterocycles. The van der Waals surface area contributed by atoms with Gasteiger partial charge in [0.1, 0.15) is 5.82 Å². The number of aryl methyl sites for hydroxylation is 1. The molecular formula is C13H14ClN3. The van der Waals surface area contributed by atoms with Crippen LogP contribution in [0.15, 0.2) is 30.5 Å². The number of imidazole rings is 1. The Morgan fingerprint density at radius 1 is 1.41 bits per heavy atom. The molecule has 0 fully saturated rings. The first-order valence-electron chi connectivity index (χ1n) is 5.83. The summed E-state index contributed by atoms with van der Waals surface area (Å²) in [5.74, 6) is 1.08. The zero-order chi connectivity index (χ0) is 11.8. The minimum absolute atomic E-state index is 0.0687. The molecule has 1 aliphatic rings. The Balaban J connectivity index is 2.05. The van der Waals surface area contributed by atoms with Crippen molar-refractivity contribution >= 4 is 11.6 Å². The first-order valence-corrected chi connectivity index (χ1v) is 6.21. The van der Waals surface area contributed by atoms with E-state index in [0.29, 0.717) is 0 Å². The number of fused-ring (bicyclic) bond motifs is 1. The molecule has 2 N–H and O–H groups in total. The summed E-state index contributed by atoms with van der Waals surface area (Å²) in [6.07, 6.45) is 5.25. The van der Waals surface area contributed by atoms with Crippen LogP contribution in [0.4, 0.5) is 0 Å². The van der Waals surface area contributed by atoms with E-state index in [0.717, 1.165) is 41.4 Å². The number of hydrogen-bond donors (Lipinski definition) is 1. The smallest absolute Gasteiger partial charge is 0.110 e. The molecule has 4 heteroatoms. The van der Waals surface area contributed by atoms with Crippen LogP contribution >= 0.6 is 11.6 Å². The Morgan fingerprint density at radius 3 is 3.06 bits per heavy atom. The highest BCUT2D eigenvalue weighted by molar-refractivity contribution is 6.30. The summed E-state index contributed by atoms with van der Waals surface area (Å²) in [6, 6.07) is 7.76. The van der Waals surface area contributed by atoms with Crippen LogP contribution in [0.25, 0.3) is 11.3 Å². The molecule has 1 aromatic heterocycles. The summed E-state index contributed by atoms with van der Waals surface area (Å²) in [4.78, 5) is 4.64. The number of rotatable bonds is 1. The molecule has 0 spiro atoms. The van der Waals surface area contributed by atoms with Gasteiger partial charge < -0.3 is 10.3 Å². The Morgan fingerprint density at radius 2 is 2.29 bits per heavy atom. The number of nitrogens with zero attached hydrogens (tertiary/aromatic N) is 2. The molecule has 0 saturated heterocycles. The Kier molecular flexibility index (Phi) is 2.65. The minimum atomic E-state index is 0.0687. The lowest BCUT2D eigenvalue weighted by molar-refractivity contribution is 0.408. The van der Waals surface area contributed by atoms with Crippen molar-refractivity contribution in [3.8, 4) is 11.3 Å². The van der Waals surface area contributed by atoms with Gasteiger partial charge in [-0.15, -0.1) is 0 Å². The standard InChI is InChI=1S/C13H14ClN3/c14-10-4-1-3-9(7-10)11-8-17-12(15)5-2-6-13(17)16-11/h1,3-4,7-8,12H,2,5-6,15H2. The van der Waals surface area contributed by atoms with Crippen molar-refractivity contribution in [2.45, 2.75) is 25.4 Å². The summed E-state index contributed by atoms with van der Waals surface area (Å²) in [6.45, 7) is 0. The van der Waals surface area contributed by atoms with Crippen LogP contribution in [-0.2, 0) is 6.42 Å². The molecule has 3 rings (SSSR count). The van der Waals surface area contributed by atoms with Crippen LogP contribution in [0.1, 0.15) is 24.8 Å². The van der Waals surface area contributed by atoms with Gasteiger partial charge in [-0.3, -0.25) is 0 Å². The van der Waals surface area contributed by atoms with Gasteiger partial charge in [0.25, 0.3) is 0 Å². The zero-order valence-electron chi connectivity index (χ0n) is 9.44. The quantitative estimate of drug-likeness (QED) is 0.842. The fourth-order valence-electron chi connectivity index (χ4n) is 2.30. The van der Waals surface area contributed by atoms with E-state index in [-0.39, 0.29) is 6.17 Å². The average molecular weight is 248 g/mol. The maximum absolute atomic E-state index is 6.06. The number of aromatic nitrogens is 2. The lowest BCUT2D eigenvalue weighted by Gasteiger charge is -2.20. The van der Waals surface area contributed by atoms with Crippen molar-refractivity contribution < 1.29 is 0 Å². The number of halogens is 1. The molecule has 1 aromatic carbocycles. The highest BCUT2D eigenvalue weighted by Crippen LogP contribution is 2.27. The van der Waals surface area contributed by atoms with E-state index >= 15 is 0 Å². The number of benzene rings is 1. The van der Waals surface area contributed by atoms with E-state index in [1.54, 1.807) is 0 Å². The largest absolute Gasteiger partial charge is 0.318 e. The van der Waals surface area contributed by atoms with Crippen molar-refractivity contribution in [2.24, 2.45) is 5.73 Å². The average Bonchev–Trinajstić information content (AvgIpc) is 2.74. The minimum Gasteiger partial charge on any atom is -0.318 e. The Hall–Kier alpha value is -1.32. The molecule has 0 saturated carbocycles. The van der Waals surface area contributed by atoms with Gasteiger partial charge in [-0.1, -0.05) is 23.7 Å². The predicted octanol–water partition coefficient (Wildman–Crippen LogP) is 3.00. The first-order chi connectivity index (χ1) is 8.24. The molecule has 88 valence electrons. The molecule has 0 bridgehead atoms. The van der Waals surface area contributed by atoms with E-state index in [2.05, 4.69) is 9.55 Å². The lowest BCUT2D eigenvalue weighted by atomic mass is 10.1. The normalized spacial score (nSPS) is 19.1. The third kappa shape index (κ3) is 1.96. The Bertz CT molecular complexity index is 547. The van der Waals surface area contributed by atoms with Crippen molar-refractivity contribution in [2.75, 3.05) is 0 Å². The van der Waals surface area contributed by atoms with Crippen molar-refractivity contribution in [1.82, 2.24) is 9.55 Å². The van der Waals surface area contributed by atoms with Crippen LogP contribution in [0.3, 0.4) is 0 Å². The van der Waals surface area contributed by atoms with E-state index < -0.39 is 0 Å². The van der Waals surface area contributed by atoms with Crippen molar-refractivity contribution in [1.29, 1.82) is 0 Å². The van der Waals surface area contributed by atoms with Crippen LogP contribution in [-0.4, -0.2) is 9.55 Å². The van der Waals surface area contributed by atoms with E-state index in [4.69, 9.17) is 17.3 Å². The topological polar surface area (TPSA) is 43.8 Å². The summed E-state index contributed by atoms with van der Waals surface area (Å²) < 4.78 is 2.08. The molecule has 1 unspecified atom stereocenters. The number of nitrogens with two attached hydrogens (primary N) is 1. The number of hydrogen-bond acceptors (Lipinski definition) is 2. The van der Waals surface area contributed by atoms with E-state index in [1.807, 2.05) is 30.5 Å². The molecule has 3 nitrogen and oxygen atoms in total. The molecule has 0 radical (unpaired) electrons. The van der Waals surface area contributed by atoms with Gasteiger partial charge in [-0.25, -0.2) is 4.98 Å². The van der Waals surface area contributed by atoms with Crippen LogP contribution in [0.2, 0.25) is 5.02 Å². The van der Waals surface area contributed by atoms with Crippen molar-refractivity contribution in [3.63, 3.8) is 0 Å². The van der Waals surface area contributed by atoms with E-state index in [9.17, 15) is 0 Å². The second kappa shape index (κ2) is 4.17. The highest BCUT2D eigenvalue weighted by Gasteiger charge is 2.18. The summed E-state index contributed by atoms with van der Waals surface area (Å²) in [5.41, 5.74) is 8.07. The van der Waals surface area contributed by atoms with E-state index in [1.165, 1.54) is 0 Å². The van der Waals surface area contributed by atoms with Gasteiger partial charge in [-0.2, -0.15) is 0 Å². The molecule has 0 aliphatic carbocycles. The fourth-order valence-corrected chi connectivity index (χ4v) is 2.49. The monoisotopic (exact) mass is 247 g/mol. The van der Waals surface area contributed by atoms with Crippen LogP contribution < -0.4 is 5.73 Å². The Labute approximate surface area is 105 Å². The zero-order valence-corrected chi connectivity index (χ0v) is 10.2. The molecule has 2 aromatic rings. The van der Waals surface area contributed by atoms with Crippen LogP contribution in [0.5, 0.6) is 0 Å². The van der Waals surface area contributed by atoms with Gasteiger partial charge >= 0.3 is 0 Å². The van der Waals surface area contributed by atoms with Crippen LogP contribution in [0, 0.1) is 0 Å².